The first-order chi connectivity index (χ1) is 12.5. The largest absolute Gasteiger partial charge is 0.496 e. The molecule has 3 rings (SSSR count). The van der Waals surface area contributed by atoms with Crippen LogP contribution < -0.4 is 5.32 Å². The Morgan fingerprint density at radius 3 is 2.96 bits per heavy atom. The van der Waals surface area contributed by atoms with Crippen LogP contribution in [0, 0.1) is 5.41 Å². The van der Waals surface area contributed by atoms with E-state index in [-0.39, 0.29) is 17.6 Å². The quantitative estimate of drug-likeness (QED) is 0.729. The van der Waals surface area contributed by atoms with E-state index >= 15 is 0 Å². The van der Waals surface area contributed by atoms with Gasteiger partial charge in [0.15, 0.2) is 5.82 Å². The van der Waals surface area contributed by atoms with E-state index in [1.54, 1.807) is 12.5 Å². The molecule has 2 atom stereocenters. The van der Waals surface area contributed by atoms with E-state index in [9.17, 15) is 0 Å². The Hall–Kier alpha value is -2.22. The van der Waals surface area contributed by atoms with E-state index in [0.29, 0.717) is 0 Å². The Kier molecular flexibility index (Phi) is 6.03. The molecule has 0 bridgehead atoms. The number of aryl methyl sites for hydroxylation is 1. The molecule has 1 aliphatic heterocycles. The van der Waals surface area contributed by atoms with Gasteiger partial charge in [0.2, 0.25) is 0 Å². The van der Waals surface area contributed by atoms with Crippen molar-refractivity contribution in [2.45, 2.75) is 65.3 Å². The number of nitrogens with one attached hydrogen (secondary N) is 1. The van der Waals surface area contributed by atoms with E-state index in [0.717, 1.165) is 44.7 Å². The van der Waals surface area contributed by atoms with Gasteiger partial charge in [0.1, 0.15) is 12.1 Å². The van der Waals surface area contributed by atoms with E-state index < -0.39 is 0 Å². The van der Waals surface area contributed by atoms with Gasteiger partial charge in [-0.3, -0.25) is 0 Å². The molecule has 2 aromatic heterocycles. The minimum absolute atomic E-state index is 0.0277. The molecule has 0 amide bonds. The van der Waals surface area contributed by atoms with Gasteiger partial charge in [-0.25, -0.2) is 9.67 Å². The van der Waals surface area contributed by atoms with Gasteiger partial charge in [0.25, 0.3) is 0 Å². The van der Waals surface area contributed by atoms with Crippen molar-refractivity contribution in [3.63, 3.8) is 0 Å². The van der Waals surface area contributed by atoms with Crippen LogP contribution in [0.2, 0.25) is 0 Å². The summed E-state index contributed by atoms with van der Waals surface area (Å²) in [4.78, 5) is 4.08. The van der Waals surface area contributed by atoms with Gasteiger partial charge in [0.05, 0.1) is 12.6 Å². The first-order valence-electron chi connectivity index (χ1n) is 9.28. The van der Waals surface area contributed by atoms with Crippen LogP contribution in [0.25, 0.3) is 0 Å². The van der Waals surface area contributed by atoms with E-state index in [4.69, 9.17) is 4.74 Å². The lowest BCUT2D eigenvalue weighted by Gasteiger charge is -2.29. The number of nitrogens with zero attached hydrogens (tertiary/aromatic N) is 6. The summed E-state index contributed by atoms with van der Waals surface area (Å²) in [5, 5.41) is 16.1. The van der Waals surface area contributed by atoms with Crippen LogP contribution in [-0.2, 0) is 17.8 Å². The second kappa shape index (κ2) is 8.44. The molecule has 2 unspecified atom stereocenters. The van der Waals surface area contributed by atoms with E-state index in [1.165, 1.54) is 0 Å². The summed E-state index contributed by atoms with van der Waals surface area (Å²) in [7, 11) is 0. The predicted octanol–water partition coefficient (Wildman–Crippen LogP) is 2.33. The molecule has 8 heteroatoms. The van der Waals surface area contributed by atoms with Crippen molar-refractivity contribution in [2.24, 2.45) is 5.41 Å². The van der Waals surface area contributed by atoms with Crippen LogP contribution in [-0.4, -0.2) is 42.4 Å². The summed E-state index contributed by atoms with van der Waals surface area (Å²) >= 11 is 0. The smallest absolute Gasteiger partial charge is 0.172 e. The van der Waals surface area contributed by atoms with Crippen molar-refractivity contribution >= 4 is 0 Å². The van der Waals surface area contributed by atoms with Crippen LogP contribution in [0.15, 0.2) is 31.1 Å². The molecule has 0 aliphatic carbocycles. The molecule has 0 radical (unpaired) electrons. The Morgan fingerprint density at radius 1 is 1.38 bits per heavy atom. The van der Waals surface area contributed by atoms with Crippen LogP contribution >= 0.6 is 0 Å². The minimum Gasteiger partial charge on any atom is -0.496 e. The SMILES string of the molecule is CC(C)(C)Cn1nnnc1C(NCCCn1ccnc1)C1CCC=CO1. The summed E-state index contributed by atoms with van der Waals surface area (Å²) < 4.78 is 9.88. The van der Waals surface area contributed by atoms with Gasteiger partial charge in [-0.1, -0.05) is 20.8 Å². The summed E-state index contributed by atoms with van der Waals surface area (Å²) in [5.74, 6) is 0.850. The number of hydrogen-bond acceptors (Lipinski definition) is 6. The Balaban J connectivity index is 1.67. The highest BCUT2D eigenvalue weighted by atomic mass is 16.5. The summed E-state index contributed by atoms with van der Waals surface area (Å²) in [6.45, 7) is 9.11. The maximum absolute atomic E-state index is 5.88. The highest BCUT2D eigenvalue weighted by Gasteiger charge is 2.30. The zero-order valence-electron chi connectivity index (χ0n) is 15.9. The maximum atomic E-state index is 5.88. The van der Waals surface area contributed by atoms with Gasteiger partial charge in [-0.05, 0) is 47.7 Å². The lowest BCUT2D eigenvalue weighted by Crippen LogP contribution is -2.37. The summed E-state index contributed by atoms with van der Waals surface area (Å²) in [6.07, 6.45) is 12.5. The second-order valence-corrected chi connectivity index (χ2v) is 7.96. The second-order valence-electron chi connectivity index (χ2n) is 7.96. The number of aromatic nitrogens is 6. The third-order valence-electron chi connectivity index (χ3n) is 4.32. The van der Waals surface area contributed by atoms with Crippen molar-refractivity contribution < 1.29 is 4.74 Å². The monoisotopic (exact) mass is 359 g/mol. The molecule has 0 fully saturated rings. The molecule has 1 aliphatic rings. The summed E-state index contributed by atoms with van der Waals surface area (Å²) in [5.41, 5.74) is 0.101. The van der Waals surface area contributed by atoms with Gasteiger partial charge in [-0.2, -0.15) is 0 Å². The average molecular weight is 359 g/mol. The van der Waals surface area contributed by atoms with Gasteiger partial charge >= 0.3 is 0 Å². The van der Waals surface area contributed by atoms with Crippen LogP contribution in [0.5, 0.6) is 0 Å². The molecule has 1 N–H and O–H groups in total. The third kappa shape index (κ3) is 5.14. The fourth-order valence-corrected chi connectivity index (χ4v) is 3.12. The van der Waals surface area contributed by atoms with Gasteiger partial charge in [0, 0.05) is 25.5 Å². The molecule has 3 heterocycles. The van der Waals surface area contributed by atoms with E-state index in [1.807, 2.05) is 17.2 Å². The number of hydrogen-bond donors (Lipinski definition) is 1. The molecule has 0 aromatic carbocycles. The number of tetrazole rings is 1. The molecule has 0 saturated heterocycles. The fourth-order valence-electron chi connectivity index (χ4n) is 3.12. The Bertz CT molecular complexity index is 687. The standard InChI is InChI=1S/C18H29N7O/c1-18(2,3)13-25-17(21-22-23-25)16(15-7-4-5-12-26-15)20-8-6-10-24-11-9-19-14-24/h5,9,11-12,14-16,20H,4,6-8,10,13H2,1-3H3. The molecule has 0 saturated carbocycles. The van der Waals surface area contributed by atoms with Gasteiger partial charge in [-0.15, -0.1) is 5.10 Å². The highest BCUT2D eigenvalue weighted by Crippen LogP contribution is 2.26. The minimum atomic E-state index is -0.0277. The van der Waals surface area contributed by atoms with Crippen molar-refractivity contribution in [2.75, 3.05) is 6.54 Å². The van der Waals surface area contributed by atoms with Crippen LogP contribution in [0.4, 0.5) is 0 Å². The van der Waals surface area contributed by atoms with Crippen LogP contribution in [0.1, 0.15) is 51.9 Å². The van der Waals surface area contributed by atoms with Gasteiger partial charge < -0.3 is 14.6 Å². The van der Waals surface area contributed by atoms with Crippen molar-refractivity contribution in [1.29, 1.82) is 0 Å². The Labute approximate surface area is 154 Å². The average Bonchev–Trinajstić information content (AvgIpc) is 3.26. The first-order valence-corrected chi connectivity index (χ1v) is 9.28. The van der Waals surface area contributed by atoms with E-state index in [2.05, 4.69) is 57.2 Å². The molecule has 0 spiro atoms. The summed E-state index contributed by atoms with van der Waals surface area (Å²) in [6, 6.07) is -0.0277. The van der Waals surface area contributed by atoms with Crippen LogP contribution in [0.3, 0.4) is 0 Å². The molecule has 142 valence electrons. The first kappa shape index (κ1) is 18.6. The Morgan fingerprint density at radius 2 is 2.27 bits per heavy atom. The number of rotatable bonds is 8. The number of allylic oxidation sites excluding steroid dienone is 1. The number of ether oxygens (including phenoxy) is 1. The molecule has 8 nitrogen and oxygen atoms in total. The fraction of sp³-hybridized carbons (Fsp3) is 0.667. The lowest BCUT2D eigenvalue weighted by atomic mass is 9.96. The highest BCUT2D eigenvalue weighted by molar-refractivity contribution is 5.00. The zero-order valence-corrected chi connectivity index (χ0v) is 15.9. The molecule has 26 heavy (non-hydrogen) atoms. The zero-order chi connectivity index (χ0) is 18.4. The molecular weight excluding hydrogens is 330 g/mol. The lowest BCUT2D eigenvalue weighted by molar-refractivity contribution is 0.0793. The third-order valence-corrected chi connectivity index (χ3v) is 4.32. The topological polar surface area (TPSA) is 82.7 Å². The predicted molar refractivity (Wildman–Crippen MR) is 98.1 cm³/mol. The van der Waals surface area contributed by atoms with Crippen molar-refractivity contribution in [3.05, 3.63) is 36.9 Å². The van der Waals surface area contributed by atoms with Crippen molar-refractivity contribution in [1.82, 2.24) is 35.1 Å². The molecular formula is C18H29N7O. The molecule has 2 aromatic rings. The maximum Gasteiger partial charge on any atom is 0.172 e. The number of imidazole rings is 1. The van der Waals surface area contributed by atoms with Crippen molar-refractivity contribution in [3.8, 4) is 0 Å². The normalized spacial score (nSPS) is 18.7.